The Kier molecular flexibility index (Phi) is 7.49. The normalized spacial score (nSPS) is 20.2. The van der Waals surface area contributed by atoms with Gasteiger partial charge in [0.2, 0.25) is 15.9 Å². The summed E-state index contributed by atoms with van der Waals surface area (Å²) >= 11 is 0. The Morgan fingerprint density at radius 3 is 2.45 bits per heavy atom. The number of sulfonamides is 1. The second-order valence-corrected chi connectivity index (χ2v) is 10.8. The van der Waals surface area contributed by atoms with Gasteiger partial charge >= 0.3 is 0 Å². The van der Waals surface area contributed by atoms with Gasteiger partial charge in [-0.3, -0.25) is 9.59 Å². The highest BCUT2D eigenvalue weighted by Gasteiger charge is 2.34. The summed E-state index contributed by atoms with van der Waals surface area (Å²) in [6.07, 6.45) is 6.83. The number of carbonyl (C=O) groups excluding carboxylic acids is 2. The van der Waals surface area contributed by atoms with Crippen LogP contribution < -0.4 is 5.32 Å². The minimum Gasteiger partial charge on any atom is -0.356 e. The van der Waals surface area contributed by atoms with Crippen molar-refractivity contribution in [3.63, 3.8) is 0 Å². The van der Waals surface area contributed by atoms with Crippen LogP contribution in [0.2, 0.25) is 0 Å². The SMILES string of the molecule is O=C(NCc1ccccc1)[C@@H]1CCCN(S(=O)(=O)c2c[nH]c(C(=O)N3CCCCCC3)c2)C1. The molecule has 33 heavy (non-hydrogen) atoms. The Morgan fingerprint density at radius 2 is 1.73 bits per heavy atom. The number of piperidine rings is 1. The number of nitrogens with one attached hydrogen (secondary N) is 2. The lowest BCUT2D eigenvalue weighted by atomic mass is 9.99. The molecule has 2 aromatic rings. The number of carbonyl (C=O) groups is 2. The first kappa shape index (κ1) is 23.5. The molecular weight excluding hydrogens is 440 g/mol. The van der Waals surface area contributed by atoms with Crippen LogP contribution in [0.15, 0.2) is 47.5 Å². The van der Waals surface area contributed by atoms with E-state index in [-0.39, 0.29) is 23.3 Å². The van der Waals surface area contributed by atoms with E-state index in [0.29, 0.717) is 44.7 Å². The van der Waals surface area contributed by atoms with Crippen LogP contribution >= 0.6 is 0 Å². The van der Waals surface area contributed by atoms with E-state index >= 15 is 0 Å². The molecule has 1 aromatic carbocycles. The summed E-state index contributed by atoms with van der Waals surface area (Å²) in [5, 5.41) is 2.92. The first-order chi connectivity index (χ1) is 15.9. The summed E-state index contributed by atoms with van der Waals surface area (Å²) in [6.45, 7) is 2.33. The van der Waals surface area contributed by atoms with E-state index in [0.717, 1.165) is 31.2 Å². The molecule has 8 nitrogen and oxygen atoms in total. The van der Waals surface area contributed by atoms with Crippen molar-refractivity contribution in [2.45, 2.75) is 50.0 Å². The maximum absolute atomic E-state index is 13.3. The minimum atomic E-state index is -3.79. The third kappa shape index (κ3) is 5.65. The van der Waals surface area contributed by atoms with Crippen molar-refractivity contribution in [3.8, 4) is 0 Å². The summed E-state index contributed by atoms with van der Waals surface area (Å²) < 4.78 is 27.9. The lowest BCUT2D eigenvalue weighted by Crippen LogP contribution is -2.45. The molecule has 0 bridgehead atoms. The van der Waals surface area contributed by atoms with Gasteiger partial charge in [-0.1, -0.05) is 43.2 Å². The average Bonchev–Trinajstić information content (AvgIpc) is 3.20. The first-order valence-electron chi connectivity index (χ1n) is 11.7. The largest absolute Gasteiger partial charge is 0.356 e. The van der Waals surface area contributed by atoms with Crippen LogP contribution in [-0.2, 0) is 21.4 Å². The number of benzene rings is 1. The number of amides is 2. The molecule has 0 aliphatic carbocycles. The molecule has 0 saturated carbocycles. The van der Waals surface area contributed by atoms with Crippen molar-refractivity contribution in [1.82, 2.24) is 19.5 Å². The molecule has 2 aliphatic heterocycles. The molecule has 0 radical (unpaired) electrons. The van der Waals surface area contributed by atoms with E-state index in [1.54, 1.807) is 4.90 Å². The Labute approximate surface area is 195 Å². The highest BCUT2D eigenvalue weighted by atomic mass is 32.2. The van der Waals surface area contributed by atoms with Gasteiger partial charge in [-0.25, -0.2) is 8.42 Å². The van der Waals surface area contributed by atoms with Gasteiger partial charge in [-0.15, -0.1) is 0 Å². The fourth-order valence-electron chi connectivity index (χ4n) is 4.54. The lowest BCUT2D eigenvalue weighted by Gasteiger charge is -2.31. The van der Waals surface area contributed by atoms with Gasteiger partial charge in [0.25, 0.3) is 5.91 Å². The van der Waals surface area contributed by atoms with E-state index in [9.17, 15) is 18.0 Å². The molecule has 0 unspecified atom stereocenters. The second kappa shape index (κ2) is 10.5. The fraction of sp³-hybridized carbons (Fsp3) is 0.500. The zero-order valence-electron chi connectivity index (χ0n) is 18.8. The Bertz CT molecular complexity index is 1060. The van der Waals surface area contributed by atoms with Crippen molar-refractivity contribution in [3.05, 3.63) is 53.9 Å². The second-order valence-electron chi connectivity index (χ2n) is 8.86. The monoisotopic (exact) mass is 472 g/mol. The van der Waals surface area contributed by atoms with Crippen LogP contribution in [0.3, 0.4) is 0 Å². The highest BCUT2D eigenvalue weighted by Crippen LogP contribution is 2.25. The molecular formula is C24H32N4O4S. The van der Waals surface area contributed by atoms with Crippen LogP contribution in [0.1, 0.15) is 54.6 Å². The number of H-pyrrole nitrogens is 1. The van der Waals surface area contributed by atoms with Crippen molar-refractivity contribution in [2.24, 2.45) is 5.92 Å². The van der Waals surface area contributed by atoms with Crippen LogP contribution in [0.25, 0.3) is 0 Å². The Morgan fingerprint density at radius 1 is 1.00 bits per heavy atom. The minimum absolute atomic E-state index is 0.0750. The molecule has 4 rings (SSSR count). The van der Waals surface area contributed by atoms with Gasteiger partial charge in [0, 0.05) is 38.9 Å². The maximum Gasteiger partial charge on any atom is 0.270 e. The topological polar surface area (TPSA) is 103 Å². The average molecular weight is 473 g/mol. The Balaban J connectivity index is 1.39. The van der Waals surface area contributed by atoms with E-state index < -0.39 is 15.9 Å². The summed E-state index contributed by atoms with van der Waals surface area (Å²) in [5.74, 6) is -0.686. The number of hydrogen-bond donors (Lipinski definition) is 2. The van der Waals surface area contributed by atoms with Crippen molar-refractivity contribution in [1.29, 1.82) is 0 Å². The van der Waals surface area contributed by atoms with Gasteiger partial charge < -0.3 is 15.2 Å². The summed E-state index contributed by atoms with van der Waals surface area (Å²) in [5.41, 5.74) is 1.30. The van der Waals surface area contributed by atoms with Gasteiger partial charge in [0.05, 0.1) is 5.92 Å². The number of aromatic nitrogens is 1. The zero-order chi connectivity index (χ0) is 23.3. The van der Waals surface area contributed by atoms with Gasteiger partial charge in [-0.2, -0.15) is 4.31 Å². The van der Waals surface area contributed by atoms with E-state index in [1.165, 1.54) is 16.6 Å². The molecule has 178 valence electrons. The molecule has 1 aromatic heterocycles. The highest BCUT2D eigenvalue weighted by molar-refractivity contribution is 7.89. The molecule has 2 fully saturated rings. The van der Waals surface area contributed by atoms with Gasteiger partial charge in [-0.05, 0) is 37.3 Å². The van der Waals surface area contributed by atoms with Crippen LogP contribution in [0, 0.1) is 5.92 Å². The van der Waals surface area contributed by atoms with Crippen molar-refractivity contribution >= 4 is 21.8 Å². The molecule has 2 N–H and O–H groups in total. The van der Waals surface area contributed by atoms with Crippen molar-refractivity contribution in [2.75, 3.05) is 26.2 Å². The standard InChI is InChI=1S/C24H32N4O4S/c29-23(26-16-19-9-4-3-5-10-19)20-11-8-14-28(18-20)33(31,32)21-15-22(25-17-21)24(30)27-12-6-1-2-7-13-27/h3-5,9-10,15,17,20,25H,1-2,6-8,11-14,16,18H2,(H,26,29)/t20-/m1/s1. The fourth-order valence-corrected chi connectivity index (χ4v) is 6.06. The zero-order valence-corrected chi connectivity index (χ0v) is 19.6. The molecule has 0 spiro atoms. The van der Waals surface area contributed by atoms with Gasteiger partial charge in [0.1, 0.15) is 10.6 Å². The predicted molar refractivity (Wildman–Crippen MR) is 125 cm³/mol. The number of nitrogens with zero attached hydrogens (tertiary/aromatic N) is 2. The molecule has 2 aliphatic rings. The third-order valence-electron chi connectivity index (χ3n) is 6.48. The van der Waals surface area contributed by atoms with Gasteiger partial charge in [0.15, 0.2) is 0 Å². The molecule has 2 amide bonds. The first-order valence-corrected chi connectivity index (χ1v) is 13.2. The van der Waals surface area contributed by atoms with Crippen LogP contribution in [-0.4, -0.2) is 60.6 Å². The summed E-state index contributed by atoms with van der Waals surface area (Å²) in [4.78, 5) is 30.3. The van der Waals surface area contributed by atoms with E-state index in [1.807, 2.05) is 30.3 Å². The molecule has 1 atom stereocenters. The third-order valence-corrected chi connectivity index (χ3v) is 8.33. The van der Waals surface area contributed by atoms with E-state index in [4.69, 9.17) is 0 Å². The molecule has 9 heteroatoms. The quantitative estimate of drug-likeness (QED) is 0.675. The molecule has 3 heterocycles. The summed E-state index contributed by atoms with van der Waals surface area (Å²) in [7, 11) is -3.79. The Hall–Kier alpha value is -2.65. The van der Waals surface area contributed by atoms with Crippen molar-refractivity contribution < 1.29 is 18.0 Å². The predicted octanol–water partition coefficient (Wildman–Crippen LogP) is 2.75. The molecule has 2 saturated heterocycles. The summed E-state index contributed by atoms with van der Waals surface area (Å²) in [6, 6.07) is 11.1. The number of hydrogen-bond acceptors (Lipinski definition) is 4. The number of rotatable bonds is 6. The van der Waals surface area contributed by atoms with Crippen LogP contribution in [0.5, 0.6) is 0 Å². The van der Waals surface area contributed by atoms with E-state index in [2.05, 4.69) is 10.3 Å². The number of likely N-dealkylation sites (tertiary alicyclic amines) is 1. The van der Waals surface area contributed by atoms with Crippen LogP contribution in [0.4, 0.5) is 0 Å². The number of aromatic amines is 1. The maximum atomic E-state index is 13.3. The lowest BCUT2D eigenvalue weighted by molar-refractivity contribution is -0.126. The smallest absolute Gasteiger partial charge is 0.270 e.